The number of hydrogen-bond donors (Lipinski definition) is 1. The zero-order chi connectivity index (χ0) is 12.3. The van der Waals surface area contributed by atoms with Gasteiger partial charge in [-0.25, -0.2) is 8.78 Å². The Morgan fingerprint density at radius 3 is 2.71 bits per heavy atom. The van der Waals surface area contributed by atoms with Gasteiger partial charge >= 0.3 is 0 Å². The maximum absolute atomic E-state index is 11.9. The van der Waals surface area contributed by atoms with E-state index < -0.39 is 19.1 Å². The van der Waals surface area contributed by atoms with Crippen LogP contribution in [-0.2, 0) is 4.74 Å². The van der Waals surface area contributed by atoms with Crippen LogP contribution in [0.4, 0.5) is 8.78 Å². The van der Waals surface area contributed by atoms with Gasteiger partial charge in [-0.1, -0.05) is 18.2 Å². The van der Waals surface area contributed by atoms with Crippen LogP contribution in [0, 0.1) is 0 Å². The normalized spacial score (nSPS) is 13.4. The maximum atomic E-state index is 11.9. The van der Waals surface area contributed by atoms with E-state index in [0.717, 1.165) is 11.0 Å². The Bertz CT molecular complexity index is 451. The van der Waals surface area contributed by atoms with Gasteiger partial charge in [0.15, 0.2) is 0 Å². The smallest absolute Gasteiger partial charge is 0.261 e. The Morgan fingerprint density at radius 1 is 1.24 bits per heavy atom. The molecule has 2 N–H and O–H groups in total. The van der Waals surface area contributed by atoms with Crippen LogP contribution >= 0.6 is 0 Å². The first-order valence-electron chi connectivity index (χ1n) is 5.27. The standard InChI is InChI=1S/C12H13F2NO2/c13-12(14)7-16-6-9(15)11-5-8-3-1-2-4-10(8)17-11/h1-5,9,12H,6-7,15H2. The van der Waals surface area contributed by atoms with Crippen molar-refractivity contribution in [2.75, 3.05) is 13.2 Å². The third kappa shape index (κ3) is 3.01. The summed E-state index contributed by atoms with van der Waals surface area (Å²) in [4.78, 5) is 0. The molecule has 0 bridgehead atoms. The van der Waals surface area contributed by atoms with Crippen LogP contribution in [0.2, 0.25) is 0 Å². The minimum absolute atomic E-state index is 0.0180. The summed E-state index contributed by atoms with van der Waals surface area (Å²) < 4.78 is 34.0. The van der Waals surface area contributed by atoms with Crippen molar-refractivity contribution >= 4 is 11.0 Å². The second-order valence-corrected chi connectivity index (χ2v) is 3.72. The number of rotatable bonds is 5. The zero-order valence-electron chi connectivity index (χ0n) is 9.11. The molecular formula is C12H13F2NO2. The first-order valence-corrected chi connectivity index (χ1v) is 5.27. The summed E-state index contributed by atoms with van der Waals surface area (Å²) in [5, 5.41) is 0.937. The predicted octanol–water partition coefficient (Wildman–Crippen LogP) is 2.71. The highest BCUT2D eigenvalue weighted by Crippen LogP contribution is 2.22. The topological polar surface area (TPSA) is 48.4 Å². The molecule has 92 valence electrons. The lowest BCUT2D eigenvalue weighted by Crippen LogP contribution is -2.18. The molecule has 0 radical (unpaired) electrons. The number of alkyl halides is 2. The summed E-state index contributed by atoms with van der Waals surface area (Å²) in [6.07, 6.45) is -2.47. The number of benzene rings is 1. The van der Waals surface area contributed by atoms with Gasteiger partial charge in [0.2, 0.25) is 0 Å². The summed E-state index contributed by atoms with van der Waals surface area (Å²) in [7, 11) is 0. The summed E-state index contributed by atoms with van der Waals surface area (Å²) in [6, 6.07) is 8.74. The molecule has 3 nitrogen and oxygen atoms in total. The molecule has 2 rings (SSSR count). The SMILES string of the molecule is NC(COCC(F)F)c1cc2ccccc2o1. The highest BCUT2D eigenvalue weighted by molar-refractivity contribution is 5.77. The van der Waals surface area contributed by atoms with E-state index >= 15 is 0 Å². The van der Waals surface area contributed by atoms with E-state index in [1.165, 1.54) is 0 Å². The molecule has 0 amide bonds. The van der Waals surface area contributed by atoms with Crippen LogP contribution in [0.25, 0.3) is 11.0 Å². The summed E-state index contributed by atoms with van der Waals surface area (Å²) >= 11 is 0. The average molecular weight is 241 g/mol. The van der Waals surface area contributed by atoms with Crippen molar-refractivity contribution in [3.05, 3.63) is 36.1 Å². The number of ether oxygens (including phenoxy) is 1. The number of hydrogen-bond acceptors (Lipinski definition) is 3. The predicted molar refractivity (Wildman–Crippen MR) is 60.0 cm³/mol. The lowest BCUT2D eigenvalue weighted by Gasteiger charge is -2.08. The summed E-state index contributed by atoms with van der Waals surface area (Å²) in [6.45, 7) is -0.585. The van der Waals surface area contributed by atoms with Gasteiger partial charge in [0.1, 0.15) is 18.0 Å². The fraction of sp³-hybridized carbons (Fsp3) is 0.333. The molecule has 0 spiro atoms. The number of nitrogens with two attached hydrogens (primary N) is 1. The van der Waals surface area contributed by atoms with Crippen molar-refractivity contribution in [1.29, 1.82) is 0 Å². The van der Waals surface area contributed by atoms with Crippen molar-refractivity contribution < 1.29 is 17.9 Å². The van der Waals surface area contributed by atoms with E-state index in [2.05, 4.69) is 0 Å². The average Bonchev–Trinajstić information content (AvgIpc) is 2.71. The van der Waals surface area contributed by atoms with Gasteiger partial charge < -0.3 is 14.9 Å². The van der Waals surface area contributed by atoms with Crippen LogP contribution in [0.15, 0.2) is 34.7 Å². The second-order valence-electron chi connectivity index (χ2n) is 3.72. The number of para-hydroxylation sites is 1. The first-order chi connectivity index (χ1) is 8.16. The third-order valence-electron chi connectivity index (χ3n) is 2.35. The molecule has 1 aromatic carbocycles. The van der Waals surface area contributed by atoms with Crippen molar-refractivity contribution in [3.8, 4) is 0 Å². The monoisotopic (exact) mass is 241 g/mol. The molecule has 1 aromatic heterocycles. The third-order valence-corrected chi connectivity index (χ3v) is 2.35. The van der Waals surface area contributed by atoms with Crippen LogP contribution in [0.5, 0.6) is 0 Å². The summed E-state index contributed by atoms with van der Waals surface area (Å²) in [5.41, 5.74) is 6.51. The van der Waals surface area contributed by atoms with E-state index in [-0.39, 0.29) is 6.61 Å². The Morgan fingerprint density at radius 2 is 2.00 bits per heavy atom. The highest BCUT2D eigenvalue weighted by Gasteiger charge is 2.13. The molecule has 1 atom stereocenters. The van der Waals surface area contributed by atoms with Crippen LogP contribution in [0.3, 0.4) is 0 Å². The lowest BCUT2D eigenvalue weighted by atomic mass is 10.2. The Hall–Kier alpha value is -1.46. The molecule has 5 heteroatoms. The van der Waals surface area contributed by atoms with Gasteiger partial charge in [-0.15, -0.1) is 0 Å². The highest BCUT2D eigenvalue weighted by atomic mass is 19.3. The number of furan rings is 1. The number of fused-ring (bicyclic) bond motifs is 1. The van der Waals surface area contributed by atoms with Gasteiger partial charge in [-0.2, -0.15) is 0 Å². The maximum Gasteiger partial charge on any atom is 0.261 e. The Kier molecular flexibility index (Phi) is 3.71. The molecule has 17 heavy (non-hydrogen) atoms. The summed E-state index contributed by atoms with van der Waals surface area (Å²) in [5.74, 6) is 0.542. The van der Waals surface area contributed by atoms with Crippen LogP contribution in [-0.4, -0.2) is 19.6 Å². The van der Waals surface area contributed by atoms with Gasteiger partial charge in [0.05, 0.1) is 12.6 Å². The lowest BCUT2D eigenvalue weighted by molar-refractivity contribution is 0.0110. The largest absolute Gasteiger partial charge is 0.459 e. The molecule has 0 saturated heterocycles. The van der Waals surface area contributed by atoms with Gasteiger partial charge in [-0.3, -0.25) is 0 Å². The van der Waals surface area contributed by atoms with E-state index in [1.807, 2.05) is 24.3 Å². The number of halogens is 2. The first kappa shape index (κ1) is 12.0. The fourth-order valence-electron chi connectivity index (χ4n) is 1.55. The van der Waals surface area contributed by atoms with E-state index in [4.69, 9.17) is 14.9 Å². The van der Waals surface area contributed by atoms with Crippen molar-refractivity contribution in [3.63, 3.8) is 0 Å². The molecule has 0 aliphatic carbocycles. The molecule has 1 heterocycles. The molecular weight excluding hydrogens is 228 g/mol. The molecule has 0 saturated carbocycles. The fourth-order valence-corrected chi connectivity index (χ4v) is 1.55. The van der Waals surface area contributed by atoms with Gasteiger partial charge in [0, 0.05) is 5.39 Å². The van der Waals surface area contributed by atoms with Gasteiger partial charge in [-0.05, 0) is 12.1 Å². The minimum Gasteiger partial charge on any atom is -0.459 e. The molecule has 0 aliphatic rings. The van der Waals surface area contributed by atoms with E-state index in [0.29, 0.717) is 5.76 Å². The second kappa shape index (κ2) is 5.25. The molecule has 2 aromatic rings. The van der Waals surface area contributed by atoms with Crippen molar-refractivity contribution in [2.45, 2.75) is 12.5 Å². The zero-order valence-corrected chi connectivity index (χ0v) is 9.11. The quantitative estimate of drug-likeness (QED) is 0.875. The minimum atomic E-state index is -2.47. The van der Waals surface area contributed by atoms with E-state index in [1.54, 1.807) is 6.07 Å². The van der Waals surface area contributed by atoms with Crippen molar-refractivity contribution in [2.24, 2.45) is 5.73 Å². The molecule has 0 aliphatic heterocycles. The van der Waals surface area contributed by atoms with E-state index in [9.17, 15) is 8.78 Å². The Balaban J connectivity index is 2.01. The van der Waals surface area contributed by atoms with Crippen LogP contribution in [0.1, 0.15) is 11.8 Å². The van der Waals surface area contributed by atoms with Gasteiger partial charge in [0.25, 0.3) is 6.43 Å². The molecule has 1 unspecified atom stereocenters. The van der Waals surface area contributed by atoms with Crippen LogP contribution < -0.4 is 5.73 Å². The molecule has 0 fully saturated rings. The van der Waals surface area contributed by atoms with Crippen molar-refractivity contribution in [1.82, 2.24) is 0 Å². The Labute approximate surface area is 97.2 Å².